The van der Waals surface area contributed by atoms with Gasteiger partial charge in [0.1, 0.15) is 0 Å². The first kappa shape index (κ1) is 10.9. The second-order valence-corrected chi connectivity index (χ2v) is 4.26. The molecular formula is C11H18N2O. The lowest BCUT2D eigenvalue weighted by Gasteiger charge is -2.19. The number of hydrogen-bond donors (Lipinski definition) is 3. The van der Waals surface area contributed by atoms with Crippen molar-refractivity contribution >= 4 is 11.4 Å². The molecule has 0 amide bonds. The molecule has 4 N–H and O–H groups in total. The Morgan fingerprint density at radius 3 is 2.57 bits per heavy atom. The molecule has 3 nitrogen and oxygen atoms in total. The van der Waals surface area contributed by atoms with E-state index in [0.717, 1.165) is 11.3 Å². The Labute approximate surface area is 84.9 Å². The van der Waals surface area contributed by atoms with Crippen molar-refractivity contribution in [3.8, 4) is 0 Å². The SMILES string of the molecule is Cc1ccc(NCC(C)(C)O)c(N)c1. The summed E-state index contributed by atoms with van der Waals surface area (Å²) in [6, 6.07) is 5.83. The Balaban J connectivity index is 2.68. The number of nitrogens with one attached hydrogen (secondary N) is 1. The summed E-state index contributed by atoms with van der Waals surface area (Å²) in [6.45, 7) is 5.99. The second-order valence-electron chi connectivity index (χ2n) is 4.26. The normalized spacial score (nSPS) is 11.4. The zero-order valence-corrected chi connectivity index (χ0v) is 8.96. The van der Waals surface area contributed by atoms with Crippen molar-refractivity contribution in [2.24, 2.45) is 0 Å². The fourth-order valence-electron chi connectivity index (χ4n) is 1.15. The van der Waals surface area contributed by atoms with Crippen molar-refractivity contribution < 1.29 is 5.11 Å². The lowest BCUT2D eigenvalue weighted by Crippen LogP contribution is -2.29. The lowest BCUT2D eigenvalue weighted by molar-refractivity contribution is 0.0945. The second kappa shape index (κ2) is 3.88. The highest BCUT2D eigenvalue weighted by atomic mass is 16.3. The van der Waals surface area contributed by atoms with E-state index < -0.39 is 5.60 Å². The smallest absolute Gasteiger partial charge is 0.0763 e. The molecule has 78 valence electrons. The van der Waals surface area contributed by atoms with Crippen LogP contribution in [-0.2, 0) is 0 Å². The summed E-state index contributed by atoms with van der Waals surface area (Å²) in [6.07, 6.45) is 0. The van der Waals surface area contributed by atoms with E-state index in [0.29, 0.717) is 12.2 Å². The maximum atomic E-state index is 9.52. The van der Waals surface area contributed by atoms with Crippen LogP contribution in [0.3, 0.4) is 0 Å². The van der Waals surface area contributed by atoms with Gasteiger partial charge in [0, 0.05) is 6.54 Å². The van der Waals surface area contributed by atoms with E-state index >= 15 is 0 Å². The van der Waals surface area contributed by atoms with Crippen LogP contribution in [-0.4, -0.2) is 17.3 Å². The van der Waals surface area contributed by atoms with Gasteiger partial charge in [0.25, 0.3) is 0 Å². The Hall–Kier alpha value is -1.22. The van der Waals surface area contributed by atoms with Gasteiger partial charge in [-0.1, -0.05) is 6.07 Å². The van der Waals surface area contributed by atoms with Crippen molar-refractivity contribution in [2.45, 2.75) is 26.4 Å². The van der Waals surface area contributed by atoms with Gasteiger partial charge in [-0.3, -0.25) is 0 Å². The molecular weight excluding hydrogens is 176 g/mol. The van der Waals surface area contributed by atoms with E-state index in [2.05, 4.69) is 5.32 Å². The third-order valence-corrected chi connectivity index (χ3v) is 1.92. The number of aliphatic hydroxyl groups is 1. The van der Waals surface area contributed by atoms with Crippen LogP contribution in [0.2, 0.25) is 0 Å². The maximum Gasteiger partial charge on any atom is 0.0763 e. The molecule has 14 heavy (non-hydrogen) atoms. The predicted molar refractivity (Wildman–Crippen MR) is 60.4 cm³/mol. The fourth-order valence-corrected chi connectivity index (χ4v) is 1.15. The van der Waals surface area contributed by atoms with Crippen LogP contribution in [0.4, 0.5) is 11.4 Å². The lowest BCUT2D eigenvalue weighted by atomic mass is 10.1. The van der Waals surface area contributed by atoms with Gasteiger partial charge in [0.05, 0.1) is 17.0 Å². The van der Waals surface area contributed by atoms with Crippen LogP contribution in [0.1, 0.15) is 19.4 Å². The molecule has 3 heteroatoms. The summed E-state index contributed by atoms with van der Waals surface area (Å²) in [5, 5.41) is 12.6. The van der Waals surface area contributed by atoms with Gasteiger partial charge in [0.15, 0.2) is 0 Å². The van der Waals surface area contributed by atoms with E-state index in [1.54, 1.807) is 13.8 Å². The van der Waals surface area contributed by atoms with Crippen LogP contribution in [0.15, 0.2) is 18.2 Å². The molecule has 0 bridgehead atoms. The van der Waals surface area contributed by atoms with E-state index in [1.165, 1.54) is 0 Å². The first-order chi connectivity index (χ1) is 6.38. The van der Waals surface area contributed by atoms with E-state index in [1.807, 2.05) is 25.1 Å². The van der Waals surface area contributed by atoms with Gasteiger partial charge in [-0.2, -0.15) is 0 Å². The molecule has 0 aromatic heterocycles. The number of hydrogen-bond acceptors (Lipinski definition) is 3. The Kier molecular flexibility index (Phi) is 3.01. The van der Waals surface area contributed by atoms with Crippen molar-refractivity contribution in [1.29, 1.82) is 0 Å². The number of benzene rings is 1. The molecule has 0 aliphatic rings. The Bertz CT molecular complexity index is 316. The summed E-state index contributed by atoms with van der Waals surface area (Å²) in [7, 11) is 0. The third kappa shape index (κ3) is 3.26. The molecule has 1 aromatic carbocycles. The predicted octanol–water partition coefficient (Wildman–Crippen LogP) is 1.76. The van der Waals surface area contributed by atoms with Crippen molar-refractivity contribution in [3.05, 3.63) is 23.8 Å². The monoisotopic (exact) mass is 194 g/mol. The number of nitrogens with two attached hydrogens (primary N) is 1. The van der Waals surface area contributed by atoms with Gasteiger partial charge in [-0.05, 0) is 38.5 Å². The minimum atomic E-state index is -0.725. The molecule has 0 heterocycles. The Morgan fingerprint density at radius 1 is 1.43 bits per heavy atom. The zero-order valence-electron chi connectivity index (χ0n) is 8.96. The summed E-state index contributed by atoms with van der Waals surface area (Å²) in [4.78, 5) is 0. The summed E-state index contributed by atoms with van der Waals surface area (Å²) >= 11 is 0. The van der Waals surface area contributed by atoms with Crippen LogP contribution in [0.25, 0.3) is 0 Å². The Morgan fingerprint density at radius 2 is 2.07 bits per heavy atom. The van der Waals surface area contributed by atoms with Crippen LogP contribution in [0, 0.1) is 6.92 Å². The van der Waals surface area contributed by atoms with Crippen molar-refractivity contribution in [3.63, 3.8) is 0 Å². The summed E-state index contributed by atoms with van der Waals surface area (Å²) < 4.78 is 0. The topological polar surface area (TPSA) is 58.3 Å². The molecule has 1 rings (SSSR count). The number of rotatable bonds is 3. The summed E-state index contributed by atoms with van der Waals surface area (Å²) in [5.41, 5.74) is 7.81. The molecule has 0 unspecified atom stereocenters. The van der Waals surface area contributed by atoms with Gasteiger partial charge in [0.2, 0.25) is 0 Å². The first-order valence-corrected chi connectivity index (χ1v) is 4.71. The highest BCUT2D eigenvalue weighted by Gasteiger charge is 2.12. The first-order valence-electron chi connectivity index (χ1n) is 4.71. The van der Waals surface area contributed by atoms with Gasteiger partial charge in [-0.25, -0.2) is 0 Å². The largest absolute Gasteiger partial charge is 0.397 e. The molecule has 0 radical (unpaired) electrons. The molecule has 0 fully saturated rings. The molecule has 1 aromatic rings. The molecule has 0 saturated heterocycles. The highest BCUT2D eigenvalue weighted by Crippen LogP contribution is 2.19. The minimum Gasteiger partial charge on any atom is -0.397 e. The van der Waals surface area contributed by atoms with E-state index in [-0.39, 0.29) is 0 Å². The van der Waals surface area contributed by atoms with Crippen LogP contribution >= 0.6 is 0 Å². The summed E-state index contributed by atoms with van der Waals surface area (Å²) in [5.74, 6) is 0. The molecule has 0 saturated carbocycles. The minimum absolute atomic E-state index is 0.486. The zero-order chi connectivity index (χ0) is 10.8. The molecule has 0 spiro atoms. The molecule has 0 aliphatic carbocycles. The van der Waals surface area contributed by atoms with Gasteiger partial charge < -0.3 is 16.2 Å². The van der Waals surface area contributed by atoms with Gasteiger partial charge >= 0.3 is 0 Å². The quantitative estimate of drug-likeness (QED) is 0.643. The highest BCUT2D eigenvalue weighted by molar-refractivity contribution is 5.66. The average molecular weight is 194 g/mol. The fraction of sp³-hybridized carbons (Fsp3) is 0.455. The van der Waals surface area contributed by atoms with Crippen molar-refractivity contribution in [2.75, 3.05) is 17.6 Å². The average Bonchev–Trinajstić information content (AvgIpc) is 2.00. The van der Waals surface area contributed by atoms with Crippen LogP contribution < -0.4 is 11.1 Å². The number of anilines is 2. The molecule has 0 aliphatic heterocycles. The van der Waals surface area contributed by atoms with Crippen LogP contribution in [0.5, 0.6) is 0 Å². The standard InChI is InChI=1S/C11H18N2O/c1-8-4-5-10(9(12)6-8)13-7-11(2,3)14/h4-6,13-14H,7,12H2,1-3H3. The molecule has 0 atom stereocenters. The van der Waals surface area contributed by atoms with Gasteiger partial charge in [-0.15, -0.1) is 0 Å². The van der Waals surface area contributed by atoms with E-state index in [4.69, 9.17) is 5.73 Å². The van der Waals surface area contributed by atoms with E-state index in [9.17, 15) is 5.11 Å². The number of nitrogen functional groups attached to an aromatic ring is 1. The maximum absolute atomic E-state index is 9.52. The third-order valence-electron chi connectivity index (χ3n) is 1.92. The number of aryl methyl sites for hydroxylation is 1. The van der Waals surface area contributed by atoms with Crippen molar-refractivity contribution in [1.82, 2.24) is 0 Å².